The van der Waals surface area contributed by atoms with Crippen LogP contribution in [0.15, 0.2) is 0 Å². The molecule has 0 saturated carbocycles. The molecule has 2 saturated heterocycles. The summed E-state index contributed by atoms with van der Waals surface area (Å²) in [5.74, 6) is 0.787. The maximum atomic E-state index is 11.7. The highest BCUT2D eigenvalue weighted by Crippen LogP contribution is 2.14. The zero-order valence-corrected chi connectivity index (χ0v) is 10.2. The second kappa shape index (κ2) is 5.64. The zero-order chi connectivity index (χ0) is 11.4. The zero-order valence-electron chi connectivity index (χ0n) is 10.2. The first-order chi connectivity index (χ1) is 7.75. The molecule has 2 rings (SSSR count). The van der Waals surface area contributed by atoms with Crippen LogP contribution in [-0.2, 0) is 4.79 Å². The van der Waals surface area contributed by atoms with Crippen molar-refractivity contribution in [1.29, 1.82) is 0 Å². The normalized spacial score (nSPS) is 30.8. The minimum Gasteiger partial charge on any atom is -0.355 e. The van der Waals surface area contributed by atoms with Gasteiger partial charge in [-0.1, -0.05) is 0 Å². The molecule has 0 aliphatic carbocycles. The lowest BCUT2D eigenvalue weighted by Crippen LogP contribution is -2.38. The summed E-state index contributed by atoms with van der Waals surface area (Å²) in [5, 5.41) is 6.37. The van der Waals surface area contributed by atoms with Gasteiger partial charge < -0.3 is 15.5 Å². The maximum Gasteiger partial charge on any atom is 0.220 e. The van der Waals surface area contributed by atoms with Crippen LogP contribution in [0.3, 0.4) is 0 Å². The predicted octanol–water partition coefficient (Wildman–Crippen LogP) is 0.196. The number of nitrogens with one attached hydrogen (secondary N) is 2. The lowest BCUT2D eigenvalue weighted by atomic mass is 10.0. The first-order valence-electron chi connectivity index (χ1n) is 6.43. The third kappa shape index (κ3) is 3.19. The minimum absolute atomic E-state index is 0.231. The average molecular weight is 225 g/mol. The molecule has 2 atom stereocenters. The fourth-order valence-electron chi connectivity index (χ4n) is 2.69. The fraction of sp³-hybridized carbons (Fsp3) is 0.917. The van der Waals surface area contributed by atoms with Crippen LogP contribution in [0.1, 0.15) is 25.7 Å². The highest BCUT2D eigenvalue weighted by molar-refractivity contribution is 5.76. The van der Waals surface area contributed by atoms with Gasteiger partial charge in [0.05, 0.1) is 0 Å². The van der Waals surface area contributed by atoms with Crippen molar-refractivity contribution in [2.45, 2.75) is 31.7 Å². The molecule has 0 bridgehead atoms. The molecule has 2 aliphatic heterocycles. The number of hydrogen-bond acceptors (Lipinski definition) is 3. The molecular formula is C12H23N3O. The minimum atomic E-state index is 0.231. The monoisotopic (exact) mass is 225 g/mol. The van der Waals surface area contributed by atoms with Crippen LogP contribution in [0.25, 0.3) is 0 Å². The maximum absolute atomic E-state index is 11.7. The number of likely N-dealkylation sites (tertiary alicyclic amines) is 1. The van der Waals surface area contributed by atoms with Crippen molar-refractivity contribution in [3.8, 4) is 0 Å². The van der Waals surface area contributed by atoms with E-state index in [0.717, 1.165) is 26.1 Å². The lowest BCUT2D eigenvalue weighted by Gasteiger charge is -2.20. The number of nitrogens with zero attached hydrogens (tertiary/aromatic N) is 1. The fourth-order valence-corrected chi connectivity index (χ4v) is 2.69. The second-order valence-corrected chi connectivity index (χ2v) is 5.14. The van der Waals surface area contributed by atoms with E-state index in [1.807, 2.05) is 0 Å². The van der Waals surface area contributed by atoms with Crippen molar-refractivity contribution < 1.29 is 4.79 Å². The van der Waals surface area contributed by atoms with Crippen molar-refractivity contribution in [2.75, 3.05) is 33.2 Å². The molecule has 16 heavy (non-hydrogen) atoms. The van der Waals surface area contributed by atoms with E-state index >= 15 is 0 Å². The summed E-state index contributed by atoms with van der Waals surface area (Å²) < 4.78 is 0. The molecular weight excluding hydrogens is 202 g/mol. The molecule has 1 amide bonds. The Morgan fingerprint density at radius 1 is 1.50 bits per heavy atom. The largest absolute Gasteiger partial charge is 0.355 e. The lowest BCUT2D eigenvalue weighted by molar-refractivity contribution is -0.122. The first kappa shape index (κ1) is 11.9. The van der Waals surface area contributed by atoms with Crippen molar-refractivity contribution in [3.05, 3.63) is 0 Å². The smallest absolute Gasteiger partial charge is 0.220 e. The molecule has 2 aliphatic rings. The molecule has 2 N–H and O–H groups in total. The van der Waals surface area contributed by atoms with Crippen LogP contribution < -0.4 is 10.6 Å². The quantitative estimate of drug-likeness (QED) is 0.718. The van der Waals surface area contributed by atoms with E-state index in [2.05, 4.69) is 22.6 Å². The van der Waals surface area contributed by atoms with Gasteiger partial charge in [-0.3, -0.25) is 4.79 Å². The second-order valence-electron chi connectivity index (χ2n) is 5.14. The number of likely N-dealkylation sites (N-methyl/N-ethyl adjacent to an activating group) is 1. The molecule has 2 fully saturated rings. The number of carbonyl (C=O) groups is 1. The molecule has 2 unspecified atom stereocenters. The Morgan fingerprint density at radius 3 is 3.00 bits per heavy atom. The van der Waals surface area contributed by atoms with Gasteiger partial charge in [-0.05, 0) is 51.9 Å². The molecule has 0 aromatic heterocycles. The summed E-state index contributed by atoms with van der Waals surface area (Å²) in [6.45, 7) is 4.09. The van der Waals surface area contributed by atoms with Crippen molar-refractivity contribution in [2.24, 2.45) is 5.92 Å². The van der Waals surface area contributed by atoms with Gasteiger partial charge in [0.1, 0.15) is 0 Å². The molecule has 4 nitrogen and oxygen atoms in total. The molecule has 4 heteroatoms. The SMILES string of the molecule is CN1CCCC1CNC(=O)CC1CCNC1. The Hall–Kier alpha value is -0.610. The van der Waals surface area contributed by atoms with Crippen LogP contribution in [0.4, 0.5) is 0 Å². The molecule has 92 valence electrons. The van der Waals surface area contributed by atoms with Gasteiger partial charge in [0, 0.05) is 19.0 Å². The summed E-state index contributed by atoms with van der Waals surface area (Å²) in [6, 6.07) is 0.561. The number of rotatable bonds is 4. The summed E-state index contributed by atoms with van der Waals surface area (Å²) in [4.78, 5) is 14.0. The van der Waals surface area contributed by atoms with E-state index in [1.165, 1.54) is 19.4 Å². The van der Waals surface area contributed by atoms with E-state index < -0.39 is 0 Å². The summed E-state index contributed by atoms with van der Waals surface area (Å²) in [7, 11) is 2.14. The van der Waals surface area contributed by atoms with Crippen LogP contribution in [0.2, 0.25) is 0 Å². The van der Waals surface area contributed by atoms with Crippen molar-refractivity contribution >= 4 is 5.91 Å². The summed E-state index contributed by atoms with van der Waals surface area (Å²) in [6.07, 6.45) is 4.34. The van der Waals surface area contributed by atoms with Gasteiger partial charge in [0.15, 0.2) is 0 Å². The standard InChI is InChI=1S/C12H23N3O/c1-15-6-2-3-11(15)9-14-12(16)7-10-4-5-13-8-10/h10-11,13H,2-9H2,1H3,(H,14,16). The topological polar surface area (TPSA) is 44.4 Å². The van der Waals surface area contributed by atoms with Crippen LogP contribution in [0.5, 0.6) is 0 Å². The number of hydrogen-bond donors (Lipinski definition) is 2. The Balaban J connectivity index is 1.63. The van der Waals surface area contributed by atoms with Crippen molar-refractivity contribution in [1.82, 2.24) is 15.5 Å². The van der Waals surface area contributed by atoms with Gasteiger partial charge in [-0.2, -0.15) is 0 Å². The van der Waals surface area contributed by atoms with E-state index in [1.54, 1.807) is 0 Å². The van der Waals surface area contributed by atoms with E-state index in [4.69, 9.17) is 0 Å². The van der Waals surface area contributed by atoms with E-state index in [9.17, 15) is 4.79 Å². The summed E-state index contributed by atoms with van der Waals surface area (Å²) >= 11 is 0. The predicted molar refractivity (Wildman–Crippen MR) is 64.3 cm³/mol. The van der Waals surface area contributed by atoms with E-state index in [-0.39, 0.29) is 5.91 Å². The van der Waals surface area contributed by atoms with Gasteiger partial charge in [0.25, 0.3) is 0 Å². The number of amides is 1. The molecule has 0 radical (unpaired) electrons. The van der Waals surface area contributed by atoms with Crippen molar-refractivity contribution in [3.63, 3.8) is 0 Å². The van der Waals surface area contributed by atoms with Gasteiger partial charge >= 0.3 is 0 Å². The first-order valence-corrected chi connectivity index (χ1v) is 6.43. The van der Waals surface area contributed by atoms with Gasteiger partial charge in [0.2, 0.25) is 5.91 Å². The van der Waals surface area contributed by atoms with Gasteiger partial charge in [-0.15, -0.1) is 0 Å². The highest BCUT2D eigenvalue weighted by Gasteiger charge is 2.22. The molecule has 0 aromatic rings. The molecule has 0 aromatic carbocycles. The van der Waals surface area contributed by atoms with Gasteiger partial charge in [-0.25, -0.2) is 0 Å². The average Bonchev–Trinajstić information content (AvgIpc) is 2.87. The highest BCUT2D eigenvalue weighted by atomic mass is 16.1. The number of carbonyl (C=O) groups excluding carboxylic acids is 1. The third-order valence-corrected chi connectivity index (χ3v) is 3.84. The Morgan fingerprint density at radius 2 is 2.38 bits per heavy atom. The Labute approximate surface area is 97.8 Å². The van der Waals surface area contributed by atoms with Crippen LogP contribution in [-0.4, -0.2) is 50.1 Å². The molecule has 0 spiro atoms. The van der Waals surface area contributed by atoms with E-state index in [0.29, 0.717) is 18.4 Å². The van der Waals surface area contributed by atoms with Crippen LogP contribution >= 0.6 is 0 Å². The third-order valence-electron chi connectivity index (χ3n) is 3.84. The Bertz CT molecular complexity index is 238. The van der Waals surface area contributed by atoms with Crippen LogP contribution in [0, 0.1) is 5.92 Å². The summed E-state index contributed by atoms with van der Waals surface area (Å²) in [5.41, 5.74) is 0. The molecule has 2 heterocycles. The Kier molecular flexibility index (Phi) is 4.18.